The molecule has 10 nitrogen and oxygen atoms in total. The minimum atomic E-state index is -3.63. The molecule has 1 fully saturated rings. The molecule has 3 aromatic carbocycles. The number of hydrogen-bond acceptors (Lipinski definition) is 7. The van der Waals surface area contributed by atoms with Gasteiger partial charge in [0.15, 0.2) is 0 Å². The molecule has 3 aromatic rings. The van der Waals surface area contributed by atoms with Gasteiger partial charge in [-0.25, -0.2) is 17.6 Å². The Morgan fingerprint density at radius 3 is 2.30 bits per heavy atom. The fourth-order valence-corrected chi connectivity index (χ4v) is 6.79. The molecule has 0 spiro atoms. The number of aliphatic hydroxyl groups is 1. The lowest BCUT2D eigenvalue weighted by molar-refractivity contribution is 0.106. The first-order valence-corrected chi connectivity index (χ1v) is 17.9. The molecule has 0 bridgehead atoms. The second-order valence-electron chi connectivity index (χ2n) is 11.9. The first-order chi connectivity index (χ1) is 22.7. The van der Waals surface area contributed by atoms with Crippen molar-refractivity contribution in [2.75, 3.05) is 50.0 Å². The van der Waals surface area contributed by atoms with Gasteiger partial charge in [0, 0.05) is 43.6 Å². The number of carbonyl (C=O) groups is 1. The second-order valence-corrected chi connectivity index (χ2v) is 13.8. The average Bonchev–Trinajstić information content (AvgIpc) is 3.07. The van der Waals surface area contributed by atoms with E-state index in [1.54, 1.807) is 24.3 Å². The van der Waals surface area contributed by atoms with Crippen molar-refractivity contribution in [1.82, 2.24) is 14.9 Å². The number of ether oxygens (including phenoxy) is 1. The Bertz CT molecular complexity index is 1470. The van der Waals surface area contributed by atoms with E-state index >= 15 is 0 Å². The molecule has 256 valence electrons. The van der Waals surface area contributed by atoms with Gasteiger partial charge in [-0.1, -0.05) is 38.3 Å². The molecule has 1 atom stereocenters. The summed E-state index contributed by atoms with van der Waals surface area (Å²) in [7, 11) is -3.63. The number of sulfonamides is 1. The number of nitrogens with zero attached hydrogens (tertiary/aromatic N) is 1. The summed E-state index contributed by atoms with van der Waals surface area (Å²) in [6.07, 6.45) is 5.80. The van der Waals surface area contributed by atoms with E-state index in [-0.39, 0.29) is 29.4 Å². The normalized spacial score (nSPS) is 14.8. The van der Waals surface area contributed by atoms with Gasteiger partial charge in [-0.15, -0.1) is 0 Å². The minimum absolute atomic E-state index is 0.120. The molecule has 47 heavy (non-hydrogen) atoms. The Labute approximate surface area is 278 Å². The lowest BCUT2D eigenvalue weighted by atomic mass is 10.1. The summed E-state index contributed by atoms with van der Waals surface area (Å²) in [6.45, 7) is 4.79. The van der Waals surface area contributed by atoms with Crippen LogP contribution < -0.4 is 26.0 Å². The summed E-state index contributed by atoms with van der Waals surface area (Å²) in [6, 6.07) is 20.1. The van der Waals surface area contributed by atoms with Crippen LogP contribution in [-0.2, 0) is 16.4 Å². The van der Waals surface area contributed by atoms with Crippen molar-refractivity contribution in [2.45, 2.75) is 68.9 Å². The van der Waals surface area contributed by atoms with Crippen LogP contribution in [0.5, 0.6) is 5.75 Å². The largest absolute Gasteiger partial charge is 0.491 e. The standard InChI is InChI=1S/C35H48FN5O5S/c1-2-3-4-5-21-38-35(43)40-30-12-16-34(17-13-30)47(44,45)41-23-19-31(20-24-41)39-29-10-6-27(7-11-29)18-22-37-25-32(42)26-46-33-14-8-28(36)9-15-33/h6-17,31-32,37,39,42H,2-5,18-26H2,1H3,(H2,38,40,43)/t32-/m0/s1. The summed E-state index contributed by atoms with van der Waals surface area (Å²) in [5.74, 6) is 0.184. The zero-order valence-corrected chi connectivity index (χ0v) is 27.9. The van der Waals surface area contributed by atoms with E-state index in [0.717, 1.165) is 43.4 Å². The quantitative estimate of drug-likeness (QED) is 0.115. The first-order valence-electron chi connectivity index (χ1n) is 16.5. The van der Waals surface area contributed by atoms with Crippen molar-refractivity contribution >= 4 is 27.4 Å². The van der Waals surface area contributed by atoms with Crippen LogP contribution in [0.4, 0.5) is 20.6 Å². The van der Waals surface area contributed by atoms with Crippen LogP contribution in [0.3, 0.4) is 0 Å². The van der Waals surface area contributed by atoms with Crippen molar-refractivity contribution in [1.29, 1.82) is 0 Å². The summed E-state index contributed by atoms with van der Waals surface area (Å²) in [5, 5.41) is 22.5. The van der Waals surface area contributed by atoms with Gasteiger partial charge in [-0.2, -0.15) is 4.31 Å². The lowest BCUT2D eigenvalue weighted by Gasteiger charge is -2.32. The van der Waals surface area contributed by atoms with Crippen LogP contribution in [0.1, 0.15) is 51.0 Å². The van der Waals surface area contributed by atoms with Crippen LogP contribution in [0.15, 0.2) is 77.7 Å². The maximum absolute atomic E-state index is 13.3. The molecule has 5 N–H and O–H groups in total. The van der Waals surface area contributed by atoms with Gasteiger partial charge in [0.2, 0.25) is 10.0 Å². The predicted octanol–water partition coefficient (Wildman–Crippen LogP) is 5.36. The van der Waals surface area contributed by atoms with Gasteiger partial charge in [-0.05, 0) is 98.5 Å². The predicted molar refractivity (Wildman–Crippen MR) is 184 cm³/mol. The molecule has 12 heteroatoms. The highest BCUT2D eigenvalue weighted by molar-refractivity contribution is 7.89. The van der Waals surface area contributed by atoms with Crippen molar-refractivity contribution in [3.8, 4) is 5.75 Å². The summed E-state index contributed by atoms with van der Waals surface area (Å²) < 4.78 is 46.5. The Hall–Kier alpha value is -3.71. The third-order valence-corrected chi connectivity index (χ3v) is 9.98. The first kappa shape index (κ1) is 36.1. The van der Waals surface area contributed by atoms with Gasteiger partial charge >= 0.3 is 6.03 Å². The highest BCUT2D eigenvalue weighted by Gasteiger charge is 2.29. The molecule has 1 saturated heterocycles. The highest BCUT2D eigenvalue weighted by Crippen LogP contribution is 2.24. The molecule has 0 saturated carbocycles. The molecular weight excluding hydrogens is 621 g/mol. The van der Waals surface area contributed by atoms with Crippen LogP contribution in [-0.4, -0.2) is 75.3 Å². The molecule has 0 unspecified atom stereocenters. The molecule has 0 aliphatic carbocycles. The van der Waals surface area contributed by atoms with Crippen molar-refractivity contribution in [2.24, 2.45) is 0 Å². The summed E-state index contributed by atoms with van der Waals surface area (Å²) >= 11 is 0. The van der Waals surface area contributed by atoms with Crippen molar-refractivity contribution < 1.29 is 27.4 Å². The third-order valence-electron chi connectivity index (χ3n) is 8.07. The Kier molecular flexibility index (Phi) is 14.3. The zero-order chi connectivity index (χ0) is 33.5. The molecule has 0 aromatic heterocycles. The molecule has 1 aliphatic rings. The number of nitrogens with one attached hydrogen (secondary N) is 4. The fraction of sp³-hybridized carbons (Fsp3) is 0.457. The van der Waals surface area contributed by atoms with Crippen LogP contribution in [0, 0.1) is 5.82 Å². The number of anilines is 2. The number of amides is 2. The smallest absolute Gasteiger partial charge is 0.319 e. The minimum Gasteiger partial charge on any atom is -0.491 e. The highest BCUT2D eigenvalue weighted by atomic mass is 32.2. The SMILES string of the molecule is CCCCCCNC(=O)Nc1ccc(S(=O)(=O)N2CCC(Nc3ccc(CCNC[C@H](O)COc4ccc(F)cc4)cc3)CC2)cc1. The molecule has 1 aliphatic heterocycles. The van der Waals surface area contributed by atoms with Crippen LogP contribution >= 0.6 is 0 Å². The molecule has 1 heterocycles. The maximum Gasteiger partial charge on any atom is 0.319 e. The number of benzene rings is 3. The number of hydrogen-bond donors (Lipinski definition) is 5. The number of aliphatic hydroxyl groups excluding tert-OH is 1. The Balaban J connectivity index is 1.12. The van der Waals surface area contributed by atoms with Gasteiger partial charge in [0.05, 0.1) is 4.90 Å². The van der Waals surface area contributed by atoms with E-state index < -0.39 is 16.1 Å². The molecule has 0 radical (unpaired) electrons. The number of urea groups is 1. The van der Waals surface area contributed by atoms with E-state index in [4.69, 9.17) is 4.74 Å². The van der Waals surface area contributed by atoms with Gasteiger partial charge in [-0.3, -0.25) is 0 Å². The van der Waals surface area contributed by atoms with Crippen LogP contribution in [0.25, 0.3) is 0 Å². The maximum atomic E-state index is 13.3. The van der Waals surface area contributed by atoms with Crippen molar-refractivity contribution in [3.63, 3.8) is 0 Å². The summed E-state index contributed by atoms with van der Waals surface area (Å²) in [4.78, 5) is 12.3. The molecule has 4 rings (SSSR count). The van der Waals surface area contributed by atoms with Crippen LogP contribution in [0.2, 0.25) is 0 Å². The molecule has 2 amide bonds. The number of rotatable bonds is 18. The molecular formula is C35H48FN5O5S. The second kappa shape index (κ2) is 18.6. The van der Waals surface area contributed by atoms with E-state index in [0.29, 0.717) is 57.0 Å². The van der Waals surface area contributed by atoms with Gasteiger partial charge in [0.1, 0.15) is 24.3 Å². The number of unbranched alkanes of at least 4 members (excludes halogenated alkanes) is 3. The monoisotopic (exact) mass is 669 g/mol. The average molecular weight is 670 g/mol. The van der Waals surface area contributed by atoms with E-state index in [1.807, 2.05) is 12.1 Å². The summed E-state index contributed by atoms with van der Waals surface area (Å²) in [5.41, 5.74) is 2.69. The Morgan fingerprint density at radius 1 is 0.936 bits per heavy atom. The lowest BCUT2D eigenvalue weighted by Crippen LogP contribution is -2.42. The van der Waals surface area contributed by atoms with Crippen molar-refractivity contribution in [3.05, 3.63) is 84.2 Å². The number of halogens is 1. The Morgan fingerprint density at radius 2 is 1.62 bits per heavy atom. The van der Waals surface area contributed by atoms with Gasteiger partial charge in [0.25, 0.3) is 0 Å². The number of piperidine rings is 1. The zero-order valence-electron chi connectivity index (χ0n) is 27.1. The van der Waals surface area contributed by atoms with E-state index in [1.165, 1.54) is 28.6 Å². The van der Waals surface area contributed by atoms with E-state index in [9.17, 15) is 22.7 Å². The fourth-order valence-electron chi connectivity index (χ4n) is 5.32. The van der Waals surface area contributed by atoms with E-state index in [2.05, 4.69) is 40.3 Å². The topological polar surface area (TPSA) is 132 Å². The van der Waals surface area contributed by atoms with Gasteiger partial charge < -0.3 is 31.1 Å². The third kappa shape index (κ3) is 12.1. The number of carbonyl (C=O) groups excluding carboxylic acids is 1.